The zero-order chi connectivity index (χ0) is 29.8. The maximum absolute atomic E-state index is 13.8. The van der Waals surface area contributed by atoms with Crippen LogP contribution in [0.5, 0.6) is 0 Å². The Balaban J connectivity index is 6.36. The fraction of sp³-hybridized carbons (Fsp3) is 0.852. The van der Waals surface area contributed by atoms with Crippen LogP contribution in [-0.4, -0.2) is 101 Å². The van der Waals surface area contributed by atoms with Crippen molar-refractivity contribution < 1.29 is 39.2 Å². The van der Waals surface area contributed by atoms with Crippen molar-refractivity contribution in [2.45, 2.75) is 116 Å². The number of carbonyl (C=O) groups is 4. The highest BCUT2D eigenvalue weighted by molar-refractivity contribution is 5.95. The van der Waals surface area contributed by atoms with E-state index in [4.69, 9.17) is 4.74 Å². The SMILES string of the molecule is CN[C@H](C)C(=O)N(C)[C@@H](C(=O)CC(CC(C)O)(OC(=O)[C@@H](CC(C)C)NC)C(=O)O)[C@H](C)CCCC(C)O. The van der Waals surface area contributed by atoms with Crippen LogP contribution >= 0.6 is 0 Å². The highest BCUT2D eigenvalue weighted by Crippen LogP contribution is 2.29. The van der Waals surface area contributed by atoms with Crippen molar-refractivity contribution in [3.63, 3.8) is 0 Å². The summed E-state index contributed by atoms with van der Waals surface area (Å²) in [6, 6.07) is -2.39. The van der Waals surface area contributed by atoms with Gasteiger partial charge < -0.3 is 35.6 Å². The highest BCUT2D eigenvalue weighted by atomic mass is 16.6. The number of carboxylic acids is 1. The van der Waals surface area contributed by atoms with E-state index in [1.165, 1.54) is 18.9 Å². The minimum atomic E-state index is -2.31. The van der Waals surface area contributed by atoms with Gasteiger partial charge in [-0.3, -0.25) is 14.4 Å². The lowest BCUT2D eigenvalue weighted by molar-refractivity contribution is -0.186. The lowest BCUT2D eigenvalue weighted by atomic mass is 9.83. The lowest BCUT2D eigenvalue weighted by Crippen LogP contribution is -2.56. The van der Waals surface area contributed by atoms with Crippen molar-refractivity contribution in [2.24, 2.45) is 11.8 Å². The Morgan fingerprint density at radius 3 is 1.92 bits per heavy atom. The summed E-state index contributed by atoms with van der Waals surface area (Å²) in [5, 5.41) is 35.7. The summed E-state index contributed by atoms with van der Waals surface area (Å²) in [7, 11) is 4.67. The molecular formula is C27H51N3O8. The van der Waals surface area contributed by atoms with Crippen molar-refractivity contribution >= 4 is 23.6 Å². The molecule has 0 heterocycles. The van der Waals surface area contributed by atoms with E-state index in [2.05, 4.69) is 10.6 Å². The van der Waals surface area contributed by atoms with Gasteiger partial charge in [0.2, 0.25) is 11.5 Å². The molecule has 0 aromatic heterocycles. The molecule has 11 nitrogen and oxygen atoms in total. The Hall–Kier alpha value is -2.08. The molecule has 0 aromatic rings. The molecule has 7 atom stereocenters. The van der Waals surface area contributed by atoms with E-state index >= 15 is 0 Å². The van der Waals surface area contributed by atoms with Gasteiger partial charge in [0, 0.05) is 13.5 Å². The summed E-state index contributed by atoms with van der Waals surface area (Å²) >= 11 is 0. The molecule has 222 valence electrons. The molecule has 0 saturated carbocycles. The minimum Gasteiger partial charge on any atom is -0.478 e. The van der Waals surface area contributed by atoms with Crippen LogP contribution in [0.15, 0.2) is 0 Å². The van der Waals surface area contributed by atoms with Gasteiger partial charge in [0.1, 0.15) is 6.04 Å². The van der Waals surface area contributed by atoms with E-state index in [-0.39, 0.29) is 17.7 Å². The van der Waals surface area contributed by atoms with Gasteiger partial charge in [-0.05, 0) is 66.0 Å². The molecule has 0 aliphatic carbocycles. The largest absolute Gasteiger partial charge is 0.478 e. The number of Topliss-reactive ketones (excluding diaryl/α,β-unsaturated/α-hetero) is 1. The first-order valence-corrected chi connectivity index (χ1v) is 13.5. The molecule has 0 saturated heterocycles. The molecule has 0 spiro atoms. The molecule has 0 radical (unpaired) electrons. The average molecular weight is 546 g/mol. The molecule has 11 heteroatoms. The number of amides is 1. The second-order valence-electron chi connectivity index (χ2n) is 11.0. The average Bonchev–Trinajstić information content (AvgIpc) is 2.80. The number of nitrogens with zero attached hydrogens (tertiary/aromatic N) is 1. The van der Waals surface area contributed by atoms with Gasteiger partial charge in [0.25, 0.3) is 0 Å². The quantitative estimate of drug-likeness (QED) is 0.150. The van der Waals surface area contributed by atoms with Gasteiger partial charge in [-0.25, -0.2) is 4.79 Å². The van der Waals surface area contributed by atoms with Crippen molar-refractivity contribution in [3.05, 3.63) is 0 Å². The number of hydrogen-bond acceptors (Lipinski definition) is 9. The van der Waals surface area contributed by atoms with Crippen molar-refractivity contribution in [3.8, 4) is 0 Å². The maximum Gasteiger partial charge on any atom is 0.348 e. The van der Waals surface area contributed by atoms with Crippen LogP contribution in [0.25, 0.3) is 0 Å². The minimum absolute atomic E-state index is 0.110. The summed E-state index contributed by atoms with van der Waals surface area (Å²) in [5.74, 6) is -3.58. The molecule has 0 bridgehead atoms. The number of aliphatic hydroxyl groups is 2. The topological polar surface area (TPSA) is 165 Å². The number of rotatable bonds is 19. The van der Waals surface area contributed by atoms with Crippen molar-refractivity contribution in [1.29, 1.82) is 0 Å². The van der Waals surface area contributed by atoms with Gasteiger partial charge in [0.15, 0.2) is 5.78 Å². The highest BCUT2D eigenvalue weighted by Gasteiger charge is 2.49. The second kappa shape index (κ2) is 16.8. The van der Waals surface area contributed by atoms with Gasteiger partial charge in [-0.1, -0.05) is 27.2 Å². The lowest BCUT2D eigenvalue weighted by Gasteiger charge is -2.37. The van der Waals surface area contributed by atoms with E-state index < -0.39 is 66.5 Å². The number of ether oxygens (including phenoxy) is 1. The van der Waals surface area contributed by atoms with E-state index in [1.807, 2.05) is 13.8 Å². The van der Waals surface area contributed by atoms with Gasteiger partial charge >= 0.3 is 11.9 Å². The Bertz CT molecular complexity index is 773. The molecular weight excluding hydrogens is 494 g/mol. The number of nitrogens with one attached hydrogen (secondary N) is 2. The van der Waals surface area contributed by atoms with E-state index in [0.717, 1.165) is 0 Å². The summed E-state index contributed by atoms with van der Waals surface area (Å²) in [5.41, 5.74) is -2.31. The van der Waals surface area contributed by atoms with E-state index in [1.54, 1.807) is 34.9 Å². The first-order valence-electron chi connectivity index (χ1n) is 13.5. The van der Waals surface area contributed by atoms with Crippen molar-refractivity contribution in [2.75, 3.05) is 21.1 Å². The number of likely N-dealkylation sites (N-methyl/N-ethyl adjacent to an activating group) is 3. The molecule has 0 aliphatic rings. The zero-order valence-corrected chi connectivity index (χ0v) is 24.6. The molecule has 0 aromatic carbocycles. The third-order valence-electron chi connectivity index (χ3n) is 6.83. The molecule has 0 rings (SSSR count). The monoisotopic (exact) mass is 545 g/mol. The molecule has 0 aliphatic heterocycles. The predicted octanol–water partition coefficient (Wildman–Crippen LogP) is 1.34. The fourth-order valence-corrected chi connectivity index (χ4v) is 4.66. The number of carbonyl (C=O) groups excluding carboxylic acids is 3. The third kappa shape index (κ3) is 11.3. The molecule has 0 fully saturated rings. The van der Waals surface area contributed by atoms with Crippen LogP contribution < -0.4 is 10.6 Å². The standard InChI is InChI=1S/C27H51N3O8/c1-16(2)13-21(29-8)25(35)38-27(26(36)37,14-19(5)32)15-22(33)23(17(3)11-10-12-18(4)31)30(9)24(34)20(6)28-7/h16-21,23,28-29,31-32H,10-15H2,1-9H3,(H,36,37)/t17-,18?,19?,20-,21-,23-,27?/m1/s1. The molecule has 1 amide bonds. The number of carboxylic acid groups (broad SMARTS) is 1. The first-order chi connectivity index (χ1) is 17.5. The number of esters is 1. The Morgan fingerprint density at radius 1 is 0.921 bits per heavy atom. The Labute approximate surface area is 227 Å². The van der Waals surface area contributed by atoms with Gasteiger partial charge in [0.05, 0.1) is 30.7 Å². The third-order valence-corrected chi connectivity index (χ3v) is 6.83. The van der Waals surface area contributed by atoms with Crippen LogP contribution in [0.2, 0.25) is 0 Å². The fourth-order valence-electron chi connectivity index (χ4n) is 4.66. The number of aliphatic hydroxyl groups excluding tert-OH is 2. The smallest absolute Gasteiger partial charge is 0.348 e. The summed E-state index contributed by atoms with van der Waals surface area (Å²) in [6.45, 7) is 10.3. The molecule has 5 N–H and O–H groups in total. The van der Waals surface area contributed by atoms with Crippen molar-refractivity contribution in [1.82, 2.24) is 15.5 Å². The Kier molecular flexibility index (Phi) is 15.9. The van der Waals surface area contributed by atoms with E-state index in [0.29, 0.717) is 25.7 Å². The molecule has 3 unspecified atom stereocenters. The van der Waals surface area contributed by atoms with Crippen LogP contribution in [-0.2, 0) is 23.9 Å². The Morgan fingerprint density at radius 2 is 1.50 bits per heavy atom. The summed E-state index contributed by atoms with van der Waals surface area (Å²) < 4.78 is 5.56. The summed E-state index contributed by atoms with van der Waals surface area (Å²) in [4.78, 5) is 53.8. The number of hydrogen-bond donors (Lipinski definition) is 5. The molecule has 38 heavy (non-hydrogen) atoms. The van der Waals surface area contributed by atoms with Crippen LogP contribution in [0.1, 0.15) is 80.1 Å². The van der Waals surface area contributed by atoms with Crippen LogP contribution in [0.3, 0.4) is 0 Å². The zero-order valence-electron chi connectivity index (χ0n) is 24.6. The summed E-state index contributed by atoms with van der Waals surface area (Å²) in [6.07, 6.45) is -0.922. The maximum atomic E-state index is 13.8. The second-order valence-corrected chi connectivity index (χ2v) is 11.0. The predicted molar refractivity (Wildman–Crippen MR) is 144 cm³/mol. The van der Waals surface area contributed by atoms with Gasteiger partial charge in [-0.15, -0.1) is 0 Å². The number of ketones is 1. The van der Waals surface area contributed by atoms with Crippen LogP contribution in [0.4, 0.5) is 0 Å². The number of aliphatic carboxylic acids is 1. The van der Waals surface area contributed by atoms with E-state index in [9.17, 15) is 34.5 Å². The van der Waals surface area contributed by atoms with Gasteiger partial charge in [-0.2, -0.15) is 0 Å². The van der Waals surface area contributed by atoms with Crippen LogP contribution in [0, 0.1) is 11.8 Å². The normalized spacial score (nSPS) is 18.0. The first kappa shape index (κ1) is 35.9.